The van der Waals surface area contributed by atoms with Gasteiger partial charge in [0.25, 0.3) is 5.91 Å². The first-order valence-electron chi connectivity index (χ1n) is 8.15. The van der Waals surface area contributed by atoms with Crippen LogP contribution in [0.2, 0.25) is 0 Å². The maximum absolute atomic E-state index is 12.8. The molecule has 3 aromatic rings. The number of furan rings is 1. The van der Waals surface area contributed by atoms with Gasteiger partial charge in [-0.2, -0.15) is 0 Å². The van der Waals surface area contributed by atoms with Crippen LogP contribution in [0.1, 0.15) is 39.0 Å². The number of ether oxygens (including phenoxy) is 1. The summed E-state index contributed by atoms with van der Waals surface area (Å²) in [7, 11) is 1.63. The van der Waals surface area contributed by atoms with Crippen LogP contribution in [0, 0.1) is 13.8 Å². The van der Waals surface area contributed by atoms with Crippen LogP contribution in [0.15, 0.2) is 65.1 Å². The van der Waals surface area contributed by atoms with E-state index in [1.54, 1.807) is 20.1 Å². The van der Waals surface area contributed by atoms with Crippen LogP contribution in [0.5, 0.6) is 5.75 Å². The van der Waals surface area contributed by atoms with Crippen molar-refractivity contribution in [1.29, 1.82) is 0 Å². The lowest BCUT2D eigenvalue weighted by Gasteiger charge is -2.20. The number of nitrogens with one attached hydrogen (secondary N) is 1. The average Bonchev–Trinajstić information content (AvgIpc) is 2.99. The van der Waals surface area contributed by atoms with Crippen molar-refractivity contribution in [2.75, 3.05) is 7.11 Å². The van der Waals surface area contributed by atoms with Crippen LogP contribution in [-0.2, 0) is 0 Å². The maximum Gasteiger partial charge on any atom is 0.255 e. The van der Waals surface area contributed by atoms with Crippen LogP contribution in [0.3, 0.4) is 0 Å². The third-order valence-electron chi connectivity index (χ3n) is 4.14. The molecule has 4 heteroatoms. The molecule has 0 aliphatic rings. The first kappa shape index (κ1) is 16.8. The number of rotatable bonds is 5. The highest BCUT2D eigenvalue weighted by atomic mass is 16.5. The molecular weight excluding hydrogens is 314 g/mol. The summed E-state index contributed by atoms with van der Waals surface area (Å²) in [6.45, 7) is 3.63. The molecule has 0 unspecified atom stereocenters. The lowest BCUT2D eigenvalue weighted by molar-refractivity contribution is 0.0941. The Morgan fingerprint density at radius 3 is 2.20 bits per heavy atom. The van der Waals surface area contributed by atoms with E-state index in [9.17, 15) is 4.79 Å². The monoisotopic (exact) mass is 335 g/mol. The van der Waals surface area contributed by atoms with Crippen molar-refractivity contribution in [2.45, 2.75) is 19.9 Å². The predicted molar refractivity (Wildman–Crippen MR) is 96.9 cm³/mol. The zero-order valence-corrected chi connectivity index (χ0v) is 14.6. The number of carbonyl (C=O) groups excluding carboxylic acids is 1. The lowest BCUT2D eigenvalue weighted by Crippen LogP contribution is -2.29. The van der Waals surface area contributed by atoms with Gasteiger partial charge in [-0.3, -0.25) is 4.79 Å². The minimum atomic E-state index is -0.255. The van der Waals surface area contributed by atoms with Crippen LogP contribution in [0.25, 0.3) is 0 Å². The third-order valence-corrected chi connectivity index (χ3v) is 4.14. The predicted octanol–water partition coefficient (Wildman–Crippen LogP) is 4.42. The van der Waals surface area contributed by atoms with Gasteiger partial charge in [0, 0.05) is 0 Å². The van der Waals surface area contributed by atoms with Gasteiger partial charge in [-0.05, 0) is 43.2 Å². The molecule has 128 valence electrons. The number of amides is 1. The molecule has 1 heterocycles. The average molecular weight is 335 g/mol. The van der Waals surface area contributed by atoms with E-state index in [4.69, 9.17) is 9.15 Å². The molecule has 4 nitrogen and oxygen atoms in total. The second-order valence-electron chi connectivity index (χ2n) is 5.92. The fourth-order valence-electron chi connectivity index (χ4n) is 2.87. The van der Waals surface area contributed by atoms with E-state index in [0.29, 0.717) is 11.3 Å². The zero-order valence-electron chi connectivity index (χ0n) is 14.6. The Morgan fingerprint density at radius 2 is 1.64 bits per heavy atom. The number of hydrogen-bond acceptors (Lipinski definition) is 3. The summed E-state index contributed by atoms with van der Waals surface area (Å²) in [5, 5.41) is 3.12. The molecule has 0 saturated carbocycles. The Balaban J connectivity index is 1.93. The molecule has 1 atom stereocenters. The van der Waals surface area contributed by atoms with E-state index >= 15 is 0 Å². The van der Waals surface area contributed by atoms with E-state index in [0.717, 1.165) is 22.6 Å². The molecule has 0 aliphatic carbocycles. The zero-order chi connectivity index (χ0) is 17.8. The summed E-state index contributed by atoms with van der Waals surface area (Å²) < 4.78 is 10.7. The second kappa shape index (κ2) is 7.26. The van der Waals surface area contributed by atoms with Gasteiger partial charge in [-0.15, -0.1) is 0 Å². The van der Waals surface area contributed by atoms with Gasteiger partial charge < -0.3 is 14.5 Å². The number of carbonyl (C=O) groups is 1. The van der Waals surface area contributed by atoms with Crippen LogP contribution in [0.4, 0.5) is 0 Å². The summed E-state index contributed by atoms with van der Waals surface area (Å²) in [6, 6.07) is 19.1. The highest BCUT2D eigenvalue weighted by Gasteiger charge is 2.20. The SMILES string of the molecule is COc1ccc([C@H](NC(=O)c2cc(C)oc2C)c2ccccc2)cc1. The largest absolute Gasteiger partial charge is 0.497 e. The fraction of sp³-hybridized carbons (Fsp3) is 0.190. The second-order valence-corrected chi connectivity index (χ2v) is 5.92. The van der Waals surface area contributed by atoms with E-state index < -0.39 is 0 Å². The molecule has 2 aromatic carbocycles. The number of aryl methyl sites for hydroxylation is 2. The molecule has 1 aromatic heterocycles. The van der Waals surface area contributed by atoms with Gasteiger partial charge in [0.1, 0.15) is 17.3 Å². The Bertz CT molecular complexity index is 851. The molecule has 0 bridgehead atoms. The smallest absolute Gasteiger partial charge is 0.255 e. The molecule has 3 rings (SSSR count). The Kier molecular flexibility index (Phi) is 4.89. The summed E-state index contributed by atoms with van der Waals surface area (Å²) in [4.78, 5) is 12.8. The lowest BCUT2D eigenvalue weighted by atomic mass is 9.98. The Morgan fingerprint density at radius 1 is 1.00 bits per heavy atom. The van der Waals surface area contributed by atoms with Gasteiger partial charge >= 0.3 is 0 Å². The molecule has 0 spiro atoms. The van der Waals surface area contributed by atoms with Gasteiger partial charge in [0.05, 0.1) is 18.7 Å². The fourth-order valence-corrected chi connectivity index (χ4v) is 2.87. The molecule has 25 heavy (non-hydrogen) atoms. The third kappa shape index (κ3) is 3.74. The Labute approximate surface area is 147 Å². The van der Waals surface area contributed by atoms with Gasteiger partial charge in [-0.1, -0.05) is 42.5 Å². The quantitative estimate of drug-likeness (QED) is 0.751. The van der Waals surface area contributed by atoms with Gasteiger partial charge in [0.2, 0.25) is 0 Å². The molecule has 0 aliphatic heterocycles. The van der Waals surface area contributed by atoms with Crippen molar-refractivity contribution >= 4 is 5.91 Å². The molecule has 0 saturated heterocycles. The molecule has 0 fully saturated rings. The molecular formula is C21H21NO3. The number of benzene rings is 2. The van der Waals surface area contributed by atoms with E-state index in [1.807, 2.05) is 61.5 Å². The maximum atomic E-state index is 12.8. The van der Waals surface area contributed by atoms with Crippen LogP contribution >= 0.6 is 0 Å². The summed E-state index contributed by atoms with van der Waals surface area (Å²) in [6.07, 6.45) is 0. The number of hydrogen-bond donors (Lipinski definition) is 1. The molecule has 1 amide bonds. The standard InChI is InChI=1S/C21H21NO3/c1-14-13-19(15(2)25-14)21(23)22-20(16-7-5-4-6-8-16)17-9-11-18(24-3)12-10-17/h4-13,20H,1-3H3,(H,22,23)/t20-/m1/s1. The normalized spacial score (nSPS) is 11.8. The molecule has 0 radical (unpaired) electrons. The first-order valence-corrected chi connectivity index (χ1v) is 8.15. The van der Waals surface area contributed by atoms with Gasteiger partial charge in [0.15, 0.2) is 0 Å². The Hall–Kier alpha value is -3.01. The van der Waals surface area contributed by atoms with Crippen molar-refractivity contribution in [2.24, 2.45) is 0 Å². The van der Waals surface area contributed by atoms with Crippen molar-refractivity contribution in [3.8, 4) is 5.75 Å². The van der Waals surface area contributed by atoms with E-state index in [1.165, 1.54) is 0 Å². The topological polar surface area (TPSA) is 51.5 Å². The van der Waals surface area contributed by atoms with Crippen molar-refractivity contribution in [3.05, 3.63) is 88.9 Å². The van der Waals surface area contributed by atoms with E-state index in [-0.39, 0.29) is 11.9 Å². The van der Waals surface area contributed by atoms with Crippen LogP contribution in [-0.4, -0.2) is 13.0 Å². The van der Waals surface area contributed by atoms with Crippen molar-refractivity contribution in [3.63, 3.8) is 0 Å². The minimum Gasteiger partial charge on any atom is -0.497 e. The summed E-state index contributed by atoms with van der Waals surface area (Å²) in [5.41, 5.74) is 2.56. The minimum absolute atomic E-state index is 0.154. The number of methoxy groups -OCH3 is 1. The van der Waals surface area contributed by atoms with Crippen molar-refractivity contribution < 1.29 is 13.9 Å². The summed E-state index contributed by atoms with van der Waals surface area (Å²) >= 11 is 0. The first-order chi connectivity index (χ1) is 12.1. The van der Waals surface area contributed by atoms with E-state index in [2.05, 4.69) is 5.32 Å². The summed E-state index contributed by atoms with van der Waals surface area (Å²) in [5.74, 6) is 1.97. The molecule has 1 N–H and O–H groups in total. The highest BCUT2D eigenvalue weighted by molar-refractivity contribution is 5.95. The van der Waals surface area contributed by atoms with Gasteiger partial charge in [-0.25, -0.2) is 0 Å². The van der Waals surface area contributed by atoms with Crippen molar-refractivity contribution in [1.82, 2.24) is 5.32 Å². The van der Waals surface area contributed by atoms with Crippen LogP contribution < -0.4 is 10.1 Å². The highest BCUT2D eigenvalue weighted by Crippen LogP contribution is 2.25.